The maximum absolute atomic E-state index is 12.9. The Morgan fingerprint density at radius 3 is 2.73 bits per heavy atom. The van der Waals surface area contributed by atoms with Gasteiger partial charge in [-0.2, -0.15) is 0 Å². The number of ether oxygens (including phenoxy) is 2. The van der Waals surface area contributed by atoms with Crippen LogP contribution in [0.3, 0.4) is 0 Å². The summed E-state index contributed by atoms with van der Waals surface area (Å²) < 4.78 is 11.2. The second-order valence-corrected chi connectivity index (χ2v) is 7.94. The predicted molar refractivity (Wildman–Crippen MR) is 112 cm³/mol. The number of non-ortho nitro benzene ring substituents is 1. The highest BCUT2D eigenvalue weighted by Gasteiger charge is 2.43. The molecule has 0 saturated carbocycles. The zero-order chi connectivity index (χ0) is 22.1. The van der Waals surface area contributed by atoms with E-state index in [0.29, 0.717) is 30.1 Å². The fourth-order valence-corrected chi connectivity index (χ4v) is 3.79. The van der Waals surface area contributed by atoms with Gasteiger partial charge >= 0.3 is 6.09 Å². The van der Waals surface area contributed by atoms with Crippen LogP contribution in [0.2, 0.25) is 0 Å². The summed E-state index contributed by atoms with van der Waals surface area (Å²) in [5.41, 5.74) is 1.74. The van der Waals surface area contributed by atoms with Gasteiger partial charge in [-0.25, -0.2) is 9.79 Å². The Morgan fingerprint density at radius 1 is 1.43 bits per heavy atom. The van der Waals surface area contributed by atoms with Crippen LogP contribution in [-0.4, -0.2) is 46.7 Å². The molecule has 0 aromatic heterocycles. The van der Waals surface area contributed by atoms with Gasteiger partial charge in [0.25, 0.3) is 5.69 Å². The van der Waals surface area contributed by atoms with Gasteiger partial charge in [0.15, 0.2) is 0 Å². The number of nitrogens with one attached hydrogen (secondary N) is 1. The predicted octanol–water partition coefficient (Wildman–Crippen LogP) is 3.92. The number of amides is 1. The molecule has 2 aliphatic heterocycles. The van der Waals surface area contributed by atoms with Gasteiger partial charge in [0.05, 0.1) is 28.7 Å². The molecule has 0 saturated heterocycles. The van der Waals surface area contributed by atoms with Crippen molar-refractivity contribution in [3.63, 3.8) is 0 Å². The van der Waals surface area contributed by atoms with E-state index >= 15 is 0 Å². The standard InChI is InChI=1S/C21H28N4O5/c1-6-16-17(19-23-21(4,5)12-30-19)18(14-9-8-10-15(11-14)25(27)28)24(13(3)22-16)20(26)29-7-2/h8-11,13,18,22H,6-7,12H2,1-5H3. The maximum Gasteiger partial charge on any atom is 0.412 e. The molecule has 1 amide bonds. The van der Waals surface area contributed by atoms with Gasteiger partial charge < -0.3 is 14.8 Å². The molecule has 0 fully saturated rings. The van der Waals surface area contributed by atoms with Crippen LogP contribution < -0.4 is 5.32 Å². The molecule has 1 aromatic carbocycles. The lowest BCUT2D eigenvalue weighted by Gasteiger charge is -2.43. The number of carbonyl (C=O) groups is 1. The number of rotatable bonds is 5. The monoisotopic (exact) mass is 416 g/mol. The third-order valence-corrected chi connectivity index (χ3v) is 5.10. The van der Waals surface area contributed by atoms with Gasteiger partial charge in [0.2, 0.25) is 5.90 Å². The summed E-state index contributed by atoms with van der Waals surface area (Å²) in [6.07, 6.45) is -0.244. The summed E-state index contributed by atoms with van der Waals surface area (Å²) in [7, 11) is 0. The fourth-order valence-electron chi connectivity index (χ4n) is 3.79. The Kier molecular flexibility index (Phi) is 6.00. The molecule has 0 bridgehead atoms. The minimum atomic E-state index is -0.636. The number of benzene rings is 1. The fraction of sp³-hybridized carbons (Fsp3) is 0.524. The van der Waals surface area contributed by atoms with E-state index in [1.165, 1.54) is 12.1 Å². The zero-order valence-electron chi connectivity index (χ0n) is 18.0. The Balaban J connectivity index is 2.22. The number of carbonyl (C=O) groups excluding carboxylic acids is 1. The minimum absolute atomic E-state index is 0.0468. The first kappa shape index (κ1) is 21.6. The summed E-state index contributed by atoms with van der Waals surface area (Å²) in [4.78, 5) is 30.1. The van der Waals surface area contributed by atoms with E-state index in [1.807, 2.05) is 27.7 Å². The lowest BCUT2D eigenvalue weighted by molar-refractivity contribution is -0.384. The summed E-state index contributed by atoms with van der Waals surface area (Å²) in [6, 6.07) is 5.68. The first-order valence-electron chi connectivity index (χ1n) is 10.1. The van der Waals surface area contributed by atoms with Crippen LogP contribution in [0.15, 0.2) is 40.5 Å². The first-order valence-corrected chi connectivity index (χ1v) is 10.1. The van der Waals surface area contributed by atoms with E-state index in [0.717, 1.165) is 5.70 Å². The number of nitrogens with zero attached hydrogens (tertiary/aromatic N) is 3. The van der Waals surface area contributed by atoms with E-state index in [9.17, 15) is 14.9 Å². The van der Waals surface area contributed by atoms with Crippen molar-refractivity contribution in [2.45, 2.75) is 58.8 Å². The molecule has 2 unspecified atom stereocenters. The van der Waals surface area contributed by atoms with Crippen LogP contribution in [0, 0.1) is 10.1 Å². The minimum Gasteiger partial charge on any atom is -0.475 e. The number of hydrogen-bond acceptors (Lipinski definition) is 7. The lowest BCUT2D eigenvalue weighted by Crippen LogP contribution is -2.54. The van der Waals surface area contributed by atoms with Crippen LogP contribution >= 0.6 is 0 Å². The molecule has 162 valence electrons. The maximum atomic E-state index is 12.9. The number of nitro groups is 1. The van der Waals surface area contributed by atoms with Crippen molar-refractivity contribution in [3.8, 4) is 0 Å². The highest BCUT2D eigenvalue weighted by Crippen LogP contribution is 2.40. The average molecular weight is 416 g/mol. The zero-order valence-corrected chi connectivity index (χ0v) is 18.0. The Labute approximate surface area is 175 Å². The molecule has 2 heterocycles. The van der Waals surface area contributed by atoms with Gasteiger partial charge in [-0.1, -0.05) is 19.1 Å². The van der Waals surface area contributed by atoms with E-state index in [1.54, 1.807) is 24.0 Å². The number of nitro benzene ring substituents is 1. The highest BCUT2D eigenvalue weighted by atomic mass is 16.6. The van der Waals surface area contributed by atoms with Crippen molar-refractivity contribution in [3.05, 3.63) is 51.2 Å². The van der Waals surface area contributed by atoms with E-state index in [4.69, 9.17) is 14.5 Å². The molecule has 1 N–H and O–H groups in total. The quantitative estimate of drug-likeness (QED) is 0.576. The highest BCUT2D eigenvalue weighted by molar-refractivity contribution is 5.98. The molecule has 1 aromatic rings. The van der Waals surface area contributed by atoms with Crippen molar-refractivity contribution in [2.75, 3.05) is 13.2 Å². The van der Waals surface area contributed by atoms with Crippen LogP contribution in [0.4, 0.5) is 10.5 Å². The SMILES string of the molecule is CCOC(=O)N1C(C)NC(CC)=C(C2=NC(C)(C)CO2)C1c1cccc([N+](=O)[O-])c1. The van der Waals surface area contributed by atoms with Crippen LogP contribution in [0.25, 0.3) is 0 Å². The molecule has 9 heteroatoms. The van der Waals surface area contributed by atoms with Gasteiger partial charge in [-0.15, -0.1) is 0 Å². The average Bonchev–Trinajstić information content (AvgIpc) is 3.06. The van der Waals surface area contributed by atoms with Crippen LogP contribution in [0.1, 0.15) is 52.6 Å². The van der Waals surface area contributed by atoms with Gasteiger partial charge in [-0.05, 0) is 39.7 Å². The molecule has 30 heavy (non-hydrogen) atoms. The van der Waals surface area contributed by atoms with Crippen molar-refractivity contribution in [1.82, 2.24) is 10.2 Å². The summed E-state index contributed by atoms with van der Waals surface area (Å²) in [5.74, 6) is 0.446. The van der Waals surface area contributed by atoms with Gasteiger partial charge in [-0.3, -0.25) is 15.0 Å². The van der Waals surface area contributed by atoms with Crippen molar-refractivity contribution in [1.29, 1.82) is 0 Å². The Bertz CT molecular complexity index is 908. The number of allylic oxidation sites excluding steroid dienone is 1. The smallest absolute Gasteiger partial charge is 0.412 e. The number of hydrogen-bond donors (Lipinski definition) is 1. The lowest BCUT2D eigenvalue weighted by atomic mass is 9.91. The van der Waals surface area contributed by atoms with E-state index < -0.39 is 22.6 Å². The molecule has 9 nitrogen and oxygen atoms in total. The van der Waals surface area contributed by atoms with Crippen molar-refractivity contribution < 1.29 is 19.2 Å². The second kappa shape index (κ2) is 8.33. The summed E-state index contributed by atoms with van der Waals surface area (Å²) in [5, 5.41) is 14.7. The normalized spacial score (nSPS) is 22.8. The summed E-state index contributed by atoms with van der Waals surface area (Å²) >= 11 is 0. The van der Waals surface area contributed by atoms with Crippen LogP contribution in [-0.2, 0) is 9.47 Å². The molecule has 0 spiro atoms. The molecule has 0 radical (unpaired) electrons. The molecule has 0 aliphatic carbocycles. The third kappa shape index (κ3) is 4.10. The Hall–Kier alpha value is -3.10. The van der Waals surface area contributed by atoms with Gasteiger partial charge in [0, 0.05) is 17.8 Å². The van der Waals surface area contributed by atoms with E-state index in [-0.39, 0.29) is 18.5 Å². The Morgan fingerprint density at radius 2 is 2.17 bits per heavy atom. The second-order valence-electron chi connectivity index (χ2n) is 7.94. The van der Waals surface area contributed by atoms with Gasteiger partial charge in [0.1, 0.15) is 12.8 Å². The molecule has 2 aliphatic rings. The van der Waals surface area contributed by atoms with E-state index in [2.05, 4.69) is 5.32 Å². The molecule has 3 rings (SSSR count). The van der Waals surface area contributed by atoms with Crippen LogP contribution in [0.5, 0.6) is 0 Å². The third-order valence-electron chi connectivity index (χ3n) is 5.10. The van der Waals surface area contributed by atoms with Crippen molar-refractivity contribution in [2.24, 2.45) is 4.99 Å². The largest absolute Gasteiger partial charge is 0.475 e. The summed E-state index contributed by atoms with van der Waals surface area (Å²) in [6.45, 7) is 10.2. The molecular formula is C21H28N4O5. The first-order chi connectivity index (χ1) is 14.2. The topological polar surface area (TPSA) is 106 Å². The number of aliphatic imine (C=N–C) groups is 1. The van der Waals surface area contributed by atoms with Crippen molar-refractivity contribution >= 4 is 17.7 Å². The molecule has 2 atom stereocenters. The molecular weight excluding hydrogens is 388 g/mol.